The van der Waals surface area contributed by atoms with Crippen LogP contribution in [0.4, 0.5) is 5.82 Å². The fourth-order valence-electron chi connectivity index (χ4n) is 4.31. The normalized spacial score (nSPS) is 17.9. The molecule has 1 aliphatic rings. The fraction of sp³-hybridized carbons (Fsp3) is 0.320. The van der Waals surface area contributed by atoms with Gasteiger partial charge in [0.2, 0.25) is 5.91 Å². The van der Waals surface area contributed by atoms with E-state index >= 15 is 0 Å². The van der Waals surface area contributed by atoms with E-state index in [2.05, 4.69) is 53.8 Å². The lowest BCUT2D eigenvalue weighted by molar-refractivity contribution is -0.118. The molecule has 0 spiro atoms. The van der Waals surface area contributed by atoms with Gasteiger partial charge in [0.05, 0.1) is 5.69 Å². The highest BCUT2D eigenvalue weighted by atomic mass is 16.2. The Kier molecular flexibility index (Phi) is 5.39. The van der Waals surface area contributed by atoms with Gasteiger partial charge in [-0.1, -0.05) is 55.8 Å². The van der Waals surface area contributed by atoms with Crippen molar-refractivity contribution in [1.82, 2.24) is 15.1 Å². The summed E-state index contributed by atoms with van der Waals surface area (Å²) in [7, 11) is 1.82. The van der Waals surface area contributed by atoms with E-state index in [1.807, 2.05) is 39.1 Å². The van der Waals surface area contributed by atoms with Gasteiger partial charge in [0.15, 0.2) is 0 Å². The first kappa shape index (κ1) is 20.8. The van der Waals surface area contributed by atoms with Gasteiger partial charge in [-0.05, 0) is 43.0 Å². The molecule has 0 saturated heterocycles. The van der Waals surface area contributed by atoms with Gasteiger partial charge in [-0.2, -0.15) is 5.10 Å². The second kappa shape index (κ2) is 8.02. The van der Waals surface area contributed by atoms with Crippen LogP contribution in [0.3, 0.4) is 0 Å². The number of rotatable bonds is 4. The topological polar surface area (TPSA) is 76.0 Å². The van der Waals surface area contributed by atoms with Crippen LogP contribution >= 0.6 is 0 Å². The highest BCUT2D eigenvalue weighted by Crippen LogP contribution is 2.39. The number of nitrogens with zero attached hydrogens (tertiary/aromatic N) is 2. The predicted octanol–water partition coefficient (Wildman–Crippen LogP) is 4.04. The predicted molar refractivity (Wildman–Crippen MR) is 121 cm³/mol. The van der Waals surface area contributed by atoms with Gasteiger partial charge >= 0.3 is 0 Å². The number of anilines is 1. The Morgan fingerprint density at radius 3 is 2.48 bits per heavy atom. The van der Waals surface area contributed by atoms with Gasteiger partial charge in [0, 0.05) is 24.1 Å². The quantitative estimate of drug-likeness (QED) is 0.674. The average molecular weight is 417 g/mol. The molecule has 1 aromatic heterocycles. The number of hydrogen-bond acceptors (Lipinski definition) is 3. The van der Waals surface area contributed by atoms with Crippen molar-refractivity contribution in [3.05, 3.63) is 82.0 Å². The number of carbonyl (C=O) groups excluding carboxylic acids is 2. The number of carbonyl (C=O) groups is 2. The van der Waals surface area contributed by atoms with Crippen molar-refractivity contribution in [3.63, 3.8) is 0 Å². The minimum Gasteiger partial charge on any atom is -0.339 e. The first-order valence-corrected chi connectivity index (χ1v) is 10.6. The molecule has 0 bridgehead atoms. The molecule has 4 rings (SSSR count). The van der Waals surface area contributed by atoms with Crippen molar-refractivity contribution in [1.29, 1.82) is 0 Å². The van der Waals surface area contributed by atoms with Gasteiger partial charge in [0.25, 0.3) is 5.91 Å². The van der Waals surface area contributed by atoms with Crippen LogP contribution in [0.15, 0.2) is 48.5 Å². The molecule has 2 heterocycles. The lowest BCUT2D eigenvalue weighted by Crippen LogP contribution is -2.50. The Hall–Kier alpha value is -3.41. The molecular weight excluding hydrogens is 388 g/mol. The lowest BCUT2D eigenvalue weighted by atomic mass is 9.81. The maximum Gasteiger partial charge on any atom is 0.251 e. The molecule has 31 heavy (non-hydrogen) atoms. The molecule has 2 aromatic carbocycles. The van der Waals surface area contributed by atoms with Crippen LogP contribution in [0.25, 0.3) is 0 Å². The Bertz CT molecular complexity index is 1140. The maximum atomic E-state index is 13.1. The Morgan fingerprint density at radius 2 is 1.84 bits per heavy atom. The van der Waals surface area contributed by atoms with E-state index in [9.17, 15) is 9.59 Å². The Labute approximate surface area is 182 Å². The third-order valence-corrected chi connectivity index (χ3v) is 5.97. The van der Waals surface area contributed by atoms with Crippen molar-refractivity contribution in [2.75, 3.05) is 5.32 Å². The highest BCUT2D eigenvalue weighted by Gasteiger charge is 2.41. The maximum absolute atomic E-state index is 13.1. The number of aryl methyl sites for hydroxylation is 3. The van der Waals surface area contributed by atoms with Crippen LogP contribution < -0.4 is 10.6 Å². The Morgan fingerprint density at radius 1 is 1.13 bits per heavy atom. The summed E-state index contributed by atoms with van der Waals surface area (Å²) in [6.45, 7) is 8.17. The summed E-state index contributed by atoms with van der Waals surface area (Å²) in [5, 5.41) is 10.5. The number of nitrogens with one attached hydrogen (secondary N) is 2. The molecule has 6 heteroatoms. The van der Waals surface area contributed by atoms with Gasteiger partial charge < -0.3 is 10.6 Å². The Balaban J connectivity index is 1.77. The summed E-state index contributed by atoms with van der Waals surface area (Å²) in [4.78, 5) is 26.2. The number of aromatic nitrogens is 2. The highest BCUT2D eigenvalue weighted by molar-refractivity contribution is 6.04. The minimum atomic E-state index is -0.742. The molecule has 0 aliphatic carbocycles. The summed E-state index contributed by atoms with van der Waals surface area (Å²) in [5.74, 6) is 0.261. The van der Waals surface area contributed by atoms with E-state index in [0.717, 1.165) is 22.4 Å². The number of fused-ring (bicyclic) bond motifs is 1. The molecule has 3 aromatic rings. The van der Waals surface area contributed by atoms with E-state index in [4.69, 9.17) is 0 Å². The zero-order valence-corrected chi connectivity index (χ0v) is 18.6. The van der Waals surface area contributed by atoms with Gasteiger partial charge in [-0.15, -0.1) is 0 Å². The summed E-state index contributed by atoms with van der Waals surface area (Å²) in [6.07, 6.45) is 0. The average Bonchev–Trinajstić information content (AvgIpc) is 3.01. The van der Waals surface area contributed by atoms with Crippen molar-refractivity contribution < 1.29 is 9.59 Å². The zero-order valence-electron chi connectivity index (χ0n) is 18.6. The molecule has 0 unspecified atom stereocenters. The van der Waals surface area contributed by atoms with Gasteiger partial charge in [-0.25, -0.2) is 0 Å². The molecule has 2 atom stereocenters. The molecular formula is C25H28N4O2. The van der Waals surface area contributed by atoms with Gasteiger partial charge in [-0.3, -0.25) is 14.3 Å². The van der Waals surface area contributed by atoms with E-state index in [1.165, 1.54) is 5.56 Å². The van der Waals surface area contributed by atoms with Crippen molar-refractivity contribution in [3.8, 4) is 0 Å². The molecule has 160 valence electrons. The first-order valence-electron chi connectivity index (χ1n) is 10.6. The van der Waals surface area contributed by atoms with E-state index < -0.39 is 6.04 Å². The molecule has 1 aliphatic heterocycles. The summed E-state index contributed by atoms with van der Waals surface area (Å²) >= 11 is 0. The molecule has 0 saturated carbocycles. The van der Waals surface area contributed by atoms with Crippen molar-refractivity contribution in [2.45, 2.75) is 45.6 Å². The zero-order chi connectivity index (χ0) is 22.3. The molecule has 0 fully saturated rings. The first-order chi connectivity index (χ1) is 14.8. The number of benzene rings is 2. The minimum absolute atomic E-state index is 0.241. The molecule has 6 nitrogen and oxygen atoms in total. The van der Waals surface area contributed by atoms with Crippen molar-refractivity contribution in [2.24, 2.45) is 7.05 Å². The van der Waals surface area contributed by atoms with Crippen LogP contribution in [0, 0.1) is 13.8 Å². The van der Waals surface area contributed by atoms with Crippen molar-refractivity contribution >= 4 is 17.6 Å². The molecule has 0 radical (unpaired) electrons. The van der Waals surface area contributed by atoms with Crippen LogP contribution in [-0.4, -0.2) is 27.6 Å². The van der Waals surface area contributed by atoms with Crippen LogP contribution in [0.1, 0.15) is 64.0 Å². The standard InChI is InChI=1S/C25H28N4O2/c1-14(2)17-9-11-18(12-10-17)21-20-16(4)28-29(5)23(20)27-25(31)22(21)26-24(30)19-8-6-7-15(3)13-19/h6-14,21-22H,1-5H3,(H,26,30)(H,27,31)/t21-,22+/m1/s1. The van der Waals surface area contributed by atoms with E-state index in [0.29, 0.717) is 17.3 Å². The fourth-order valence-corrected chi connectivity index (χ4v) is 4.31. The third kappa shape index (κ3) is 3.85. The van der Waals surface area contributed by atoms with E-state index in [1.54, 1.807) is 10.7 Å². The largest absolute Gasteiger partial charge is 0.339 e. The smallest absolute Gasteiger partial charge is 0.251 e. The summed E-state index contributed by atoms with van der Waals surface area (Å²) < 4.78 is 1.69. The van der Waals surface area contributed by atoms with E-state index in [-0.39, 0.29) is 17.7 Å². The SMILES string of the molecule is Cc1cccc(C(=O)N[C@@H]2C(=O)Nc3c(c(C)nn3C)[C@H]2c2ccc(C(C)C)cc2)c1. The second-order valence-electron chi connectivity index (χ2n) is 8.58. The van der Waals surface area contributed by atoms with Gasteiger partial charge in [0.1, 0.15) is 11.9 Å². The molecule has 2 N–H and O–H groups in total. The van der Waals surface area contributed by atoms with Crippen LogP contribution in [0.5, 0.6) is 0 Å². The van der Waals surface area contributed by atoms with Crippen LogP contribution in [0.2, 0.25) is 0 Å². The monoisotopic (exact) mass is 416 g/mol. The van der Waals surface area contributed by atoms with Crippen LogP contribution in [-0.2, 0) is 11.8 Å². The summed E-state index contributed by atoms with van der Waals surface area (Å²) in [6, 6.07) is 14.9. The molecule has 2 amide bonds. The third-order valence-electron chi connectivity index (χ3n) is 5.97. The summed E-state index contributed by atoms with van der Waals surface area (Å²) in [5.41, 5.74) is 5.51. The lowest BCUT2D eigenvalue weighted by Gasteiger charge is -2.32. The number of amides is 2. The second-order valence-corrected chi connectivity index (χ2v) is 8.58. The number of hydrogen-bond donors (Lipinski definition) is 2.